The molecule has 0 aromatic heterocycles. The van der Waals surface area contributed by atoms with Gasteiger partial charge in [0.2, 0.25) is 5.78 Å². The molecule has 9 heteroatoms. The minimum Gasteiger partial charge on any atom is -0.481 e. The van der Waals surface area contributed by atoms with Crippen molar-refractivity contribution in [1.82, 2.24) is 0 Å². The van der Waals surface area contributed by atoms with Crippen molar-refractivity contribution in [3.63, 3.8) is 0 Å². The Kier molecular flexibility index (Phi) is 5.48. The maximum Gasteiger partial charge on any atom is 0.310 e. The van der Waals surface area contributed by atoms with E-state index in [4.69, 9.17) is 9.84 Å². The number of allylic oxidation sites excluding steroid dienone is 4. The van der Waals surface area contributed by atoms with E-state index in [2.05, 4.69) is 0 Å². The van der Waals surface area contributed by atoms with Crippen LogP contribution in [0.5, 0.6) is 0 Å². The molecule has 0 heterocycles. The number of aliphatic hydroxyl groups is 2. The van der Waals surface area contributed by atoms with Gasteiger partial charge in [-0.1, -0.05) is 25.5 Å². The van der Waals surface area contributed by atoms with E-state index in [1.807, 2.05) is 0 Å². The number of halogens is 1. The fourth-order valence-corrected chi connectivity index (χ4v) is 8.22. The summed E-state index contributed by atoms with van der Waals surface area (Å²) in [5, 5.41) is 32.2. The molecule has 5 aliphatic carbocycles. The first-order valence-corrected chi connectivity index (χ1v) is 12.7. The first-order valence-electron chi connectivity index (χ1n) is 12.7. The van der Waals surface area contributed by atoms with Gasteiger partial charge in [0.1, 0.15) is 5.60 Å². The Labute approximate surface area is 208 Å². The number of carbonyl (C=O) groups excluding carboxylic acids is 3. The molecule has 0 spiro atoms. The summed E-state index contributed by atoms with van der Waals surface area (Å²) < 4.78 is 22.3. The van der Waals surface area contributed by atoms with Crippen LogP contribution in [0.2, 0.25) is 0 Å². The van der Waals surface area contributed by atoms with Crippen LogP contribution in [-0.4, -0.2) is 62.8 Å². The minimum absolute atomic E-state index is 0.157. The zero-order valence-corrected chi connectivity index (χ0v) is 20.7. The Morgan fingerprint density at radius 2 is 1.86 bits per heavy atom. The highest BCUT2D eigenvalue weighted by atomic mass is 19.1. The quantitative estimate of drug-likeness (QED) is 0.485. The number of alkyl halides is 1. The van der Waals surface area contributed by atoms with E-state index in [1.165, 1.54) is 12.2 Å². The number of hydrogen-bond acceptors (Lipinski definition) is 7. The Bertz CT molecular complexity index is 1110. The molecular weight excluding hydrogens is 471 g/mol. The summed E-state index contributed by atoms with van der Waals surface area (Å²) in [6.45, 7) is 4.42. The first kappa shape index (κ1) is 25.3. The summed E-state index contributed by atoms with van der Waals surface area (Å²) in [7, 11) is 0. The topological polar surface area (TPSA) is 138 Å². The second-order valence-electron chi connectivity index (χ2n) is 12.0. The summed E-state index contributed by atoms with van der Waals surface area (Å²) in [6, 6.07) is 0. The molecule has 0 unspecified atom stereocenters. The molecule has 5 rings (SSSR count). The predicted molar refractivity (Wildman–Crippen MR) is 123 cm³/mol. The van der Waals surface area contributed by atoms with E-state index < -0.39 is 82.1 Å². The van der Waals surface area contributed by atoms with Crippen molar-refractivity contribution >= 4 is 23.5 Å². The number of ketones is 2. The van der Waals surface area contributed by atoms with E-state index >= 15 is 4.39 Å². The van der Waals surface area contributed by atoms with Crippen molar-refractivity contribution in [2.75, 3.05) is 6.61 Å². The molecule has 36 heavy (non-hydrogen) atoms. The van der Waals surface area contributed by atoms with Crippen molar-refractivity contribution in [3.8, 4) is 0 Å². The number of carboxylic acids is 1. The van der Waals surface area contributed by atoms with Gasteiger partial charge in [0.05, 0.1) is 17.9 Å². The SMILES string of the molecule is C[C@@H]1C[C@H]2[C@@H]3CCC4=CC(=O)C=C[C@]4(C)[C@@]3(F)[C@@H](O)C[C@]2(C)[C@@]1(O)C(=O)COC(=O)[C@@H]1C[C@H]1C(=O)O. The summed E-state index contributed by atoms with van der Waals surface area (Å²) in [5.74, 6) is -6.05. The molecule has 8 nitrogen and oxygen atoms in total. The number of fused-ring (bicyclic) bond motifs is 5. The second kappa shape index (κ2) is 7.81. The van der Waals surface area contributed by atoms with Crippen molar-refractivity contribution in [2.24, 2.45) is 40.4 Å². The number of carbonyl (C=O) groups is 4. The van der Waals surface area contributed by atoms with Crippen LogP contribution in [0.3, 0.4) is 0 Å². The zero-order valence-electron chi connectivity index (χ0n) is 20.7. The third-order valence-electron chi connectivity index (χ3n) is 10.4. The molecule has 196 valence electrons. The molecule has 4 saturated carbocycles. The van der Waals surface area contributed by atoms with Crippen LogP contribution in [-0.2, 0) is 23.9 Å². The van der Waals surface area contributed by atoms with Crippen LogP contribution in [0.4, 0.5) is 4.39 Å². The molecule has 0 saturated heterocycles. The summed E-state index contributed by atoms with van der Waals surface area (Å²) in [6.07, 6.45) is 4.06. The lowest BCUT2D eigenvalue weighted by Gasteiger charge is -2.62. The van der Waals surface area contributed by atoms with Gasteiger partial charge < -0.3 is 20.1 Å². The van der Waals surface area contributed by atoms with Crippen molar-refractivity contribution in [2.45, 2.75) is 70.2 Å². The van der Waals surface area contributed by atoms with Gasteiger partial charge in [-0.2, -0.15) is 0 Å². The van der Waals surface area contributed by atoms with Crippen LogP contribution < -0.4 is 0 Å². The molecular formula is C27H33FO8. The smallest absolute Gasteiger partial charge is 0.310 e. The average molecular weight is 505 g/mol. The molecule has 0 aromatic carbocycles. The lowest BCUT2D eigenvalue weighted by Crippen LogP contribution is -2.69. The van der Waals surface area contributed by atoms with Crippen LogP contribution >= 0.6 is 0 Å². The van der Waals surface area contributed by atoms with E-state index in [1.54, 1.807) is 26.8 Å². The summed E-state index contributed by atoms with van der Waals surface area (Å²) in [4.78, 5) is 48.6. The van der Waals surface area contributed by atoms with Crippen LogP contribution in [0.25, 0.3) is 0 Å². The second-order valence-corrected chi connectivity index (χ2v) is 12.0. The van der Waals surface area contributed by atoms with Crippen LogP contribution in [0.15, 0.2) is 23.8 Å². The van der Waals surface area contributed by atoms with E-state index in [0.717, 1.165) is 0 Å². The van der Waals surface area contributed by atoms with Crippen molar-refractivity contribution < 1.29 is 43.6 Å². The minimum atomic E-state index is -2.07. The van der Waals surface area contributed by atoms with E-state index in [-0.39, 0.29) is 18.6 Å². The average Bonchev–Trinajstić information content (AvgIpc) is 3.59. The molecule has 0 bridgehead atoms. The van der Waals surface area contributed by atoms with Gasteiger partial charge in [0, 0.05) is 16.7 Å². The van der Waals surface area contributed by atoms with Gasteiger partial charge in [0.15, 0.2) is 18.1 Å². The number of esters is 1. The molecule has 0 radical (unpaired) electrons. The number of ether oxygens (including phenoxy) is 1. The number of carboxylic acid groups (broad SMARTS) is 1. The van der Waals surface area contributed by atoms with Gasteiger partial charge in [-0.15, -0.1) is 0 Å². The molecule has 0 aromatic rings. The zero-order chi connectivity index (χ0) is 26.4. The van der Waals surface area contributed by atoms with E-state index in [0.29, 0.717) is 24.8 Å². The molecule has 0 aliphatic heterocycles. The number of rotatable bonds is 5. The number of hydrogen-bond donors (Lipinski definition) is 3. The fourth-order valence-electron chi connectivity index (χ4n) is 8.22. The van der Waals surface area contributed by atoms with Gasteiger partial charge >= 0.3 is 11.9 Å². The number of aliphatic carboxylic acids is 1. The van der Waals surface area contributed by atoms with Crippen LogP contribution in [0, 0.1) is 40.4 Å². The van der Waals surface area contributed by atoms with Gasteiger partial charge in [0.25, 0.3) is 0 Å². The molecule has 3 N–H and O–H groups in total. The Balaban J connectivity index is 1.41. The van der Waals surface area contributed by atoms with Crippen molar-refractivity contribution in [3.05, 3.63) is 23.8 Å². The Hall–Kier alpha value is -2.39. The molecule has 0 amide bonds. The van der Waals surface area contributed by atoms with Crippen LogP contribution in [0.1, 0.15) is 52.9 Å². The largest absolute Gasteiger partial charge is 0.481 e. The number of Topliss-reactive ketones (excluding diaryl/α,β-unsaturated/α-hetero) is 1. The highest BCUT2D eigenvalue weighted by molar-refractivity contribution is 6.01. The Morgan fingerprint density at radius 3 is 2.50 bits per heavy atom. The molecule has 4 fully saturated rings. The van der Waals surface area contributed by atoms with Gasteiger partial charge in [-0.05, 0) is 63.0 Å². The van der Waals surface area contributed by atoms with Gasteiger partial charge in [-0.3, -0.25) is 19.2 Å². The maximum absolute atomic E-state index is 17.2. The summed E-state index contributed by atoms with van der Waals surface area (Å²) in [5.41, 5.74) is -5.70. The monoisotopic (exact) mass is 504 g/mol. The highest BCUT2D eigenvalue weighted by Gasteiger charge is 2.75. The summed E-state index contributed by atoms with van der Waals surface area (Å²) >= 11 is 0. The molecule has 5 aliphatic rings. The van der Waals surface area contributed by atoms with Gasteiger partial charge in [-0.25, -0.2) is 4.39 Å². The standard InChI is InChI=1S/C27H33FO8/c1-13-8-19-18-5-4-14-9-15(29)6-7-24(14,2)26(18,28)20(30)11-25(19,3)27(13,35)21(31)12-36-23(34)17-10-16(17)22(32)33/h6-7,9,13,16-20,30,35H,4-5,8,10-12H2,1-3H3,(H,32,33)/t13-,16-,17-,18+,19+,20+,24+,25+,26+,27+/m1/s1. The lowest BCUT2D eigenvalue weighted by molar-refractivity contribution is -0.220. The maximum atomic E-state index is 17.2. The third kappa shape index (κ3) is 3.05. The fraction of sp³-hybridized carbons (Fsp3) is 0.704. The predicted octanol–water partition coefficient (Wildman–Crippen LogP) is 2.17. The van der Waals surface area contributed by atoms with Crippen molar-refractivity contribution in [1.29, 1.82) is 0 Å². The Morgan fingerprint density at radius 1 is 1.17 bits per heavy atom. The molecule has 10 atom stereocenters. The normalized spacial score (nSPS) is 48.8. The first-order chi connectivity index (χ1) is 16.7. The van der Waals surface area contributed by atoms with E-state index in [9.17, 15) is 29.4 Å². The third-order valence-corrected chi connectivity index (χ3v) is 10.4. The highest BCUT2D eigenvalue weighted by Crippen LogP contribution is 2.70. The lowest BCUT2D eigenvalue weighted by atomic mass is 9.44. The number of aliphatic hydroxyl groups excluding tert-OH is 1.